The minimum absolute atomic E-state index is 0.207. The van der Waals surface area contributed by atoms with Gasteiger partial charge in [0.2, 0.25) is 0 Å². The van der Waals surface area contributed by atoms with Crippen LogP contribution in [0.4, 0.5) is 0 Å². The highest BCUT2D eigenvalue weighted by atomic mass is 32.2. The van der Waals surface area contributed by atoms with E-state index in [4.69, 9.17) is 4.74 Å². The van der Waals surface area contributed by atoms with Gasteiger partial charge in [-0.15, -0.1) is 0 Å². The van der Waals surface area contributed by atoms with Crippen LogP contribution in [0.1, 0.15) is 18.1 Å². The lowest BCUT2D eigenvalue weighted by Gasteiger charge is -2.21. The third-order valence-electron chi connectivity index (χ3n) is 2.97. The number of methoxy groups -OCH3 is 1. The summed E-state index contributed by atoms with van der Waals surface area (Å²) in [6.07, 6.45) is 2.03. The monoisotopic (exact) mass is 269 g/mol. The third kappa shape index (κ3) is 4.98. The van der Waals surface area contributed by atoms with Gasteiger partial charge < -0.3 is 15.2 Å². The molecule has 0 aliphatic carbocycles. The molecule has 0 radical (unpaired) electrons. The molecule has 1 aromatic carbocycles. The van der Waals surface area contributed by atoms with Crippen molar-refractivity contribution in [1.29, 1.82) is 0 Å². The summed E-state index contributed by atoms with van der Waals surface area (Å²) in [5.74, 6) is 0. The summed E-state index contributed by atoms with van der Waals surface area (Å²) in [4.78, 5) is 0. The van der Waals surface area contributed by atoms with E-state index >= 15 is 0 Å². The van der Waals surface area contributed by atoms with E-state index in [9.17, 15) is 5.11 Å². The van der Waals surface area contributed by atoms with Gasteiger partial charge in [-0.25, -0.2) is 0 Å². The van der Waals surface area contributed by atoms with Gasteiger partial charge in [0.05, 0.1) is 13.2 Å². The van der Waals surface area contributed by atoms with Crippen LogP contribution in [-0.2, 0) is 17.9 Å². The summed E-state index contributed by atoms with van der Waals surface area (Å²) >= 11 is 1.69. The zero-order valence-electron chi connectivity index (χ0n) is 11.3. The molecular formula is C14H23NO2S. The molecule has 3 nitrogen and oxygen atoms in total. The number of thioether (sulfide) groups is 1. The van der Waals surface area contributed by atoms with Gasteiger partial charge >= 0.3 is 0 Å². The Morgan fingerprint density at radius 3 is 2.72 bits per heavy atom. The average Bonchev–Trinajstić information content (AvgIpc) is 2.39. The molecule has 4 heteroatoms. The molecule has 0 saturated heterocycles. The maximum atomic E-state index is 9.23. The molecule has 2 N–H and O–H groups in total. The van der Waals surface area contributed by atoms with E-state index in [1.54, 1.807) is 18.9 Å². The van der Waals surface area contributed by atoms with Crippen LogP contribution >= 0.6 is 11.8 Å². The summed E-state index contributed by atoms with van der Waals surface area (Å²) in [6.45, 7) is 3.78. The second-order valence-corrected chi connectivity index (χ2v) is 5.46. The van der Waals surface area contributed by atoms with Gasteiger partial charge in [-0.1, -0.05) is 24.3 Å². The van der Waals surface area contributed by atoms with E-state index in [0.29, 0.717) is 6.61 Å². The molecule has 0 spiro atoms. The van der Waals surface area contributed by atoms with E-state index in [2.05, 4.69) is 30.4 Å². The summed E-state index contributed by atoms with van der Waals surface area (Å²) < 4.78 is 5.12. The fourth-order valence-electron chi connectivity index (χ4n) is 1.84. The predicted octanol–water partition coefficient (Wildman–Crippen LogP) is 2.04. The molecule has 0 bridgehead atoms. The zero-order chi connectivity index (χ0) is 13.4. The van der Waals surface area contributed by atoms with Gasteiger partial charge in [0.25, 0.3) is 0 Å². The maximum absolute atomic E-state index is 9.23. The molecule has 0 fully saturated rings. The Morgan fingerprint density at radius 2 is 2.11 bits per heavy atom. The molecule has 0 heterocycles. The number of aliphatic hydroxyl groups excluding tert-OH is 1. The summed E-state index contributed by atoms with van der Waals surface area (Å²) in [5, 5.41) is 12.9. The average molecular weight is 269 g/mol. The van der Waals surface area contributed by atoms with Crippen molar-refractivity contribution in [3.63, 3.8) is 0 Å². The van der Waals surface area contributed by atoms with E-state index < -0.39 is 0 Å². The molecule has 1 aromatic rings. The van der Waals surface area contributed by atoms with Crippen molar-refractivity contribution in [3.05, 3.63) is 35.4 Å². The zero-order valence-corrected chi connectivity index (χ0v) is 12.2. The van der Waals surface area contributed by atoms with Crippen molar-refractivity contribution in [2.45, 2.75) is 31.4 Å². The quantitative estimate of drug-likeness (QED) is 0.758. The van der Waals surface area contributed by atoms with E-state index in [1.165, 1.54) is 11.1 Å². The Morgan fingerprint density at radius 1 is 1.39 bits per heavy atom. The van der Waals surface area contributed by atoms with Crippen LogP contribution in [0.5, 0.6) is 0 Å². The molecule has 0 amide bonds. The first-order valence-electron chi connectivity index (χ1n) is 6.15. The Kier molecular flexibility index (Phi) is 7.35. The smallest absolute Gasteiger partial charge is 0.0713 e. The minimum Gasteiger partial charge on any atom is -0.395 e. The van der Waals surface area contributed by atoms with E-state index in [0.717, 1.165) is 6.54 Å². The highest BCUT2D eigenvalue weighted by Crippen LogP contribution is 2.12. The first-order valence-corrected chi connectivity index (χ1v) is 7.43. The number of hydrogen-bond acceptors (Lipinski definition) is 4. The van der Waals surface area contributed by atoms with Gasteiger partial charge in [-0.2, -0.15) is 11.8 Å². The van der Waals surface area contributed by atoms with Gasteiger partial charge in [0.15, 0.2) is 0 Å². The number of aliphatic hydroxyl groups is 1. The lowest BCUT2D eigenvalue weighted by molar-refractivity contribution is 0.185. The summed E-state index contributed by atoms with van der Waals surface area (Å²) in [6, 6.07) is 8.65. The van der Waals surface area contributed by atoms with Crippen LogP contribution in [0.2, 0.25) is 0 Å². The SMILES string of the molecule is COCc1cccc(CNC(C)C(CO)SC)c1. The van der Waals surface area contributed by atoms with Crippen molar-refractivity contribution in [2.75, 3.05) is 20.0 Å². The Bertz CT molecular complexity index is 342. The Labute approximate surface area is 114 Å². The largest absolute Gasteiger partial charge is 0.395 e. The second kappa shape index (κ2) is 8.53. The molecule has 2 atom stereocenters. The fraction of sp³-hybridized carbons (Fsp3) is 0.571. The fourth-order valence-corrected chi connectivity index (χ4v) is 2.50. The van der Waals surface area contributed by atoms with Crippen molar-refractivity contribution in [1.82, 2.24) is 5.32 Å². The van der Waals surface area contributed by atoms with Crippen molar-refractivity contribution in [3.8, 4) is 0 Å². The van der Waals surface area contributed by atoms with Crippen molar-refractivity contribution in [2.24, 2.45) is 0 Å². The van der Waals surface area contributed by atoms with Crippen LogP contribution in [-0.4, -0.2) is 36.4 Å². The molecule has 18 heavy (non-hydrogen) atoms. The van der Waals surface area contributed by atoms with Gasteiger partial charge in [-0.3, -0.25) is 0 Å². The molecule has 0 aliphatic heterocycles. The minimum atomic E-state index is 0.207. The Balaban J connectivity index is 2.49. The van der Waals surface area contributed by atoms with Gasteiger partial charge in [0.1, 0.15) is 0 Å². The molecule has 102 valence electrons. The first kappa shape index (κ1) is 15.5. The summed E-state index contributed by atoms with van der Waals surface area (Å²) in [7, 11) is 1.71. The topological polar surface area (TPSA) is 41.5 Å². The molecule has 0 aliphatic rings. The predicted molar refractivity (Wildman–Crippen MR) is 77.8 cm³/mol. The number of rotatable bonds is 8. The highest BCUT2D eigenvalue weighted by Gasteiger charge is 2.14. The normalized spacial score (nSPS) is 14.4. The number of hydrogen-bond donors (Lipinski definition) is 2. The van der Waals surface area contributed by atoms with Crippen LogP contribution in [0.25, 0.3) is 0 Å². The Hall–Kier alpha value is -0.550. The highest BCUT2D eigenvalue weighted by molar-refractivity contribution is 7.99. The standard InChI is InChI=1S/C14H23NO2S/c1-11(14(9-16)18-3)15-8-12-5-4-6-13(7-12)10-17-2/h4-7,11,14-16H,8-10H2,1-3H3. The number of benzene rings is 1. The molecule has 0 saturated carbocycles. The molecule has 1 rings (SSSR count). The third-order valence-corrected chi connectivity index (χ3v) is 4.13. The lowest BCUT2D eigenvalue weighted by atomic mass is 10.1. The van der Waals surface area contributed by atoms with Crippen LogP contribution in [0, 0.1) is 0 Å². The van der Waals surface area contributed by atoms with Crippen LogP contribution in [0.15, 0.2) is 24.3 Å². The maximum Gasteiger partial charge on any atom is 0.0713 e. The molecular weight excluding hydrogens is 246 g/mol. The second-order valence-electron chi connectivity index (χ2n) is 4.38. The number of nitrogens with one attached hydrogen (secondary N) is 1. The van der Waals surface area contributed by atoms with Crippen LogP contribution < -0.4 is 5.32 Å². The first-order chi connectivity index (χ1) is 8.71. The van der Waals surface area contributed by atoms with E-state index in [-0.39, 0.29) is 17.9 Å². The van der Waals surface area contributed by atoms with Crippen LogP contribution in [0.3, 0.4) is 0 Å². The lowest BCUT2D eigenvalue weighted by Crippen LogP contribution is -2.37. The van der Waals surface area contributed by atoms with Gasteiger partial charge in [0, 0.05) is 24.9 Å². The molecule has 2 unspecified atom stereocenters. The molecule has 0 aromatic heterocycles. The van der Waals surface area contributed by atoms with Crippen molar-refractivity contribution >= 4 is 11.8 Å². The summed E-state index contributed by atoms with van der Waals surface area (Å²) in [5.41, 5.74) is 2.43. The van der Waals surface area contributed by atoms with Gasteiger partial charge in [-0.05, 0) is 24.3 Å². The van der Waals surface area contributed by atoms with Crippen molar-refractivity contribution < 1.29 is 9.84 Å². The number of ether oxygens (including phenoxy) is 1. The van der Waals surface area contributed by atoms with E-state index in [1.807, 2.05) is 12.3 Å².